The van der Waals surface area contributed by atoms with Crippen LogP contribution < -0.4 is 14.4 Å². The van der Waals surface area contributed by atoms with Gasteiger partial charge in [0.15, 0.2) is 0 Å². The summed E-state index contributed by atoms with van der Waals surface area (Å²) >= 11 is 0. The third-order valence-corrected chi connectivity index (χ3v) is 7.39. The minimum atomic E-state index is -4.72. The Morgan fingerprint density at radius 2 is 1.61 bits per heavy atom. The van der Waals surface area contributed by atoms with E-state index in [9.17, 15) is 31.2 Å². The maximum absolute atomic E-state index is 13.9. The van der Waals surface area contributed by atoms with Crippen LogP contribution in [-0.2, 0) is 38.8 Å². The molecule has 0 aliphatic heterocycles. The molecule has 0 heterocycles. The fraction of sp³-hybridized carbons (Fsp3) is 0.310. The van der Waals surface area contributed by atoms with Gasteiger partial charge in [0.25, 0.3) is 0 Å². The molecule has 0 spiro atoms. The number of likely N-dealkylation sites (N-methyl/N-ethyl adjacent to an activating group) is 1. The van der Waals surface area contributed by atoms with Gasteiger partial charge < -0.3 is 15.0 Å². The molecule has 0 unspecified atom stereocenters. The molecule has 0 saturated heterocycles. The number of hydrogen-bond acceptors (Lipinski definition) is 5. The van der Waals surface area contributed by atoms with Gasteiger partial charge in [-0.3, -0.25) is 13.9 Å². The highest BCUT2D eigenvalue weighted by Crippen LogP contribution is 2.32. The minimum Gasteiger partial charge on any atom is -0.497 e. The van der Waals surface area contributed by atoms with Crippen LogP contribution in [-0.4, -0.2) is 57.6 Å². The number of halogens is 3. The topological polar surface area (TPSA) is 96.0 Å². The monoisotopic (exact) mass is 591 g/mol. The molecule has 41 heavy (non-hydrogen) atoms. The molecule has 3 rings (SSSR count). The Hall–Kier alpha value is -4.06. The van der Waals surface area contributed by atoms with Crippen LogP contribution >= 0.6 is 0 Å². The highest BCUT2D eigenvalue weighted by atomic mass is 32.2. The molecule has 12 heteroatoms. The summed E-state index contributed by atoms with van der Waals surface area (Å²) in [6.45, 7) is 1.09. The number of sulfonamides is 1. The van der Waals surface area contributed by atoms with Gasteiger partial charge >= 0.3 is 6.18 Å². The molecule has 0 aliphatic carbocycles. The molecule has 0 aliphatic rings. The van der Waals surface area contributed by atoms with Crippen LogP contribution in [0.3, 0.4) is 0 Å². The lowest BCUT2D eigenvalue weighted by Gasteiger charge is -2.33. The number of ether oxygens (including phenoxy) is 1. The predicted octanol–water partition coefficient (Wildman–Crippen LogP) is 4.26. The standard InChI is InChI=1S/C29H32F3N3O5S/c1-4-33-28(37)26(17-21-10-6-5-7-11-21)34(19-22-12-8-15-25(16-22)40-2)27(36)20-35(41(3,38)39)24-14-9-13-23(18-24)29(30,31)32/h5-16,18,26H,4,17,19-20H2,1-3H3,(H,33,37)/t26-/m1/s1. The van der Waals surface area contributed by atoms with E-state index in [0.717, 1.165) is 24.0 Å². The lowest BCUT2D eigenvalue weighted by atomic mass is 10.0. The largest absolute Gasteiger partial charge is 0.497 e. The van der Waals surface area contributed by atoms with Crippen LogP contribution in [0.5, 0.6) is 5.75 Å². The van der Waals surface area contributed by atoms with E-state index in [1.165, 1.54) is 18.1 Å². The SMILES string of the molecule is CCNC(=O)[C@@H](Cc1ccccc1)N(Cc1cccc(OC)c1)C(=O)CN(c1cccc(C(F)(F)F)c1)S(C)(=O)=O. The van der Waals surface area contributed by atoms with Gasteiger partial charge in [0.2, 0.25) is 21.8 Å². The summed E-state index contributed by atoms with van der Waals surface area (Å²) < 4.78 is 71.6. The van der Waals surface area contributed by atoms with Crippen molar-refractivity contribution >= 4 is 27.5 Å². The van der Waals surface area contributed by atoms with Crippen molar-refractivity contribution in [3.05, 3.63) is 95.6 Å². The third-order valence-electron chi connectivity index (χ3n) is 6.25. The Morgan fingerprint density at radius 1 is 0.951 bits per heavy atom. The third kappa shape index (κ3) is 8.71. The number of benzene rings is 3. The molecule has 0 bridgehead atoms. The van der Waals surface area contributed by atoms with Gasteiger partial charge in [-0.2, -0.15) is 13.2 Å². The van der Waals surface area contributed by atoms with Gasteiger partial charge in [0, 0.05) is 19.5 Å². The van der Waals surface area contributed by atoms with Crippen molar-refractivity contribution in [2.24, 2.45) is 0 Å². The smallest absolute Gasteiger partial charge is 0.416 e. The van der Waals surface area contributed by atoms with E-state index in [-0.39, 0.29) is 25.2 Å². The summed E-state index contributed by atoms with van der Waals surface area (Å²) in [5.74, 6) is -0.727. The van der Waals surface area contributed by atoms with Gasteiger partial charge in [-0.05, 0) is 48.4 Å². The predicted molar refractivity (Wildman–Crippen MR) is 150 cm³/mol. The Balaban J connectivity index is 2.08. The van der Waals surface area contributed by atoms with E-state index in [0.29, 0.717) is 21.7 Å². The van der Waals surface area contributed by atoms with Crippen LogP contribution in [0.1, 0.15) is 23.6 Å². The number of hydrogen-bond donors (Lipinski definition) is 1. The second-order valence-corrected chi connectivity index (χ2v) is 11.2. The molecule has 0 saturated carbocycles. The van der Waals surface area contributed by atoms with Gasteiger partial charge in [-0.1, -0.05) is 48.5 Å². The van der Waals surface area contributed by atoms with Crippen LogP contribution in [0.2, 0.25) is 0 Å². The molecule has 0 radical (unpaired) electrons. The fourth-order valence-electron chi connectivity index (χ4n) is 4.26. The zero-order valence-electron chi connectivity index (χ0n) is 22.9. The molecule has 2 amide bonds. The zero-order valence-corrected chi connectivity index (χ0v) is 23.7. The average molecular weight is 592 g/mol. The van der Waals surface area contributed by atoms with Crippen molar-refractivity contribution in [2.75, 3.05) is 30.8 Å². The highest BCUT2D eigenvalue weighted by Gasteiger charge is 2.35. The average Bonchev–Trinajstić information content (AvgIpc) is 2.93. The first kappa shape index (κ1) is 31.5. The molecule has 220 valence electrons. The summed E-state index contributed by atoms with van der Waals surface area (Å²) in [4.78, 5) is 28.5. The maximum Gasteiger partial charge on any atom is 0.416 e. The number of carbonyl (C=O) groups is 2. The van der Waals surface area contributed by atoms with Crippen molar-refractivity contribution in [1.82, 2.24) is 10.2 Å². The quantitative estimate of drug-likeness (QED) is 0.340. The first-order chi connectivity index (χ1) is 19.3. The van der Waals surface area contributed by atoms with Crippen molar-refractivity contribution in [1.29, 1.82) is 0 Å². The molecular weight excluding hydrogens is 559 g/mol. The first-order valence-electron chi connectivity index (χ1n) is 12.7. The number of nitrogens with one attached hydrogen (secondary N) is 1. The van der Waals surface area contributed by atoms with Gasteiger partial charge in [-0.15, -0.1) is 0 Å². The van der Waals surface area contributed by atoms with Crippen LogP contribution in [0.25, 0.3) is 0 Å². The fourth-order valence-corrected chi connectivity index (χ4v) is 5.11. The summed E-state index contributed by atoms with van der Waals surface area (Å²) in [6.07, 6.45) is -3.80. The Bertz CT molecular complexity index is 1450. The summed E-state index contributed by atoms with van der Waals surface area (Å²) in [6, 6.07) is 18.5. The number of rotatable bonds is 12. The summed E-state index contributed by atoms with van der Waals surface area (Å²) in [5, 5.41) is 2.73. The Labute approximate surface area is 237 Å². The van der Waals surface area contributed by atoms with Crippen LogP contribution in [0, 0.1) is 0 Å². The Morgan fingerprint density at radius 3 is 2.22 bits per heavy atom. The number of methoxy groups -OCH3 is 1. The van der Waals surface area contributed by atoms with Crippen LogP contribution in [0.4, 0.5) is 18.9 Å². The molecule has 1 atom stereocenters. The normalized spacial score (nSPS) is 12.3. The van der Waals surface area contributed by atoms with Gasteiger partial charge in [0.05, 0.1) is 24.6 Å². The minimum absolute atomic E-state index is 0.0924. The number of carbonyl (C=O) groups excluding carboxylic acids is 2. The number of amides is 2. The van der Waals surface area contributed by atoms with Gasteiger partial charge in [0.1, 0.15) is 18.3 Å². The molecule has 0 aromatic heterocycles. The Kier molecular flexibility index (Phi) is 10.4. The second-order valence-electron chi connectivity index (χ2n) is 9.29. The molecule has 1 N–H and O–H groups in total. The summed E-state index contributed by atoms with van der Waals surface area (Å²) in [7, 11) is -2.73. The van der Waals surface area contributed by atoms with Crippen LogP contribution in [0.15, 0.2) is 78.9 Å². The van der Waals surface area contributed by atoms with E-state index < -0.39 is 46.2 Å². The maximum atomic E-state index is 13.9. The molecule has 3 aromatic carbocycles. The van der Waals surface area contributed by atoms with E-state index in [1.54, 1.807) is 55.5 Å². The van der Waals surface area contributed by atoms with E-state index >= 15 is 0 Å². The zero-order chi connectivity index (χ0) is 30.2. The molecule has 0 fully saturated rings. The lowest BCUT2D eigenvalue weighted by molar-refractivity contribution is -0.140. The number of nitrogens with zero attached hydrogens (tertiary/aromatic N) is 2. The van der Waals surface area contributed by atoms with E-state index in [2.05, 4.69) is 5.32 Å². The van der Waals surface area contributed by atoms with E-state index in [1.807, 2.05) is 6.07 Å². The first-order valence-corrected chi connectivity index (χ1v) is 14.6. The highest BCUT2D eigenvalue weighted by molar-refractivity contribution is 7.92. The molecular formula is C29H32F3N3O5S. The van der Waals surface area contributed by atoms with Crippen molar-refractivity contribution < 1.29 is 35.9 Å². The van der Waals surface area contributed by atoms with Crippen molar-refractivity contribution in [3.63, 3.8) is 0 Å². The second kappa shape index (κ2) is 13.5. The molecule has 3 aromatic rings. The molecule has 8 nitrogen and oxygen atoms in total. The lowest BCUT2D eigenvalue weighted by Crippen LogP contribution is -2.53. The number of alkyl halides is 3. The van der Waals surface area contributed by atoms with Crippen molar-refractivity contribution in [3.8, 4) is 5.75 Å². The summed E-state index contributed by atoms with van der Waals surface area (Å²) in [5.41, 5.74) is -0.0293. The van der Waals surface area contributed by atoms with E-state index in [4.69, 9.17) is 4.74 Å². The van der Waals surface area contributed by atoms with Gasteiger partial charge in [-0.25, -0.2) is 8.42 Å². The number of anilines is 1. The van der Waals surface area contributed by atoms with Crippen molar-refractivity contribution in [2.45, 2.75) is 32.1 Å².